The molecule has 0 aliphatic rings. The molecule has 8 rings (SSSR count). The molecule has 8 heterocycles. The van der Waals surface area contributed by atoms with Crippen LogP contribution in [-0.4, -0.2) is 90.9 Å². The standard InChI is InChI=1S/C6H7N.4C5H6N2.3C4H5N3/c1-6-4-2-3-5-7-6;1-5-4-6-2-3-7-5;1-5-2-3-6-4-7-5;1-5-6-3-2-4-7-5;1-5-3-2-4-6-7-5;1-4-2-6-7-3-5-4;1-4-2-5-3-6-7-4;1-4-2-3-5-7-6-4/h2-5H,1H3;4*2-4H,1H3;3*2-3H,1H3. The number of aromatic nitrogens is 18. The molecule has 0 N–H and O–H groups in total. The van der Waals surface area contributed by atoms with Crippen LogP contribution in [0.4, 0.5) is 0 Å². The van der Waals surface area contributed by atoms with Gasteiger partial charge >= 0.3 is 0 Å². The third kappa shape index (κ3) is 30.2. The Morgan fingerprint density at radius 1 is 0.304 bits per heavy atom. The van der Waals surface area contributed by atoms with Gasteiger partial charge in [-0.05, 0) is 103 Å². The Morgan fingerprint density at radius 2 is 0.946 bits per heavy atom. The maximum atomic E-state index is 3.98. The molecule has 0 aliphatic heterocycles. The maximum absolute atomic E-state index is 3.98. The number of rotatable bonds is 0. The topological polar surface area (TPSA) is 232 Å². The summed E-state index contributed by atoms with van der Waals surface area (Å²) in [6, 6.07) is 15.1. The minimum Gasteiger partial charge on any atom is -0.262 e. The van der Waals surface area contributed by atoms with Gasteiger partial charge < -0.3 is 0 Å². The third-order valence-corrected chi connectivity index (χ3v) is 5.49. The number of nitrogens with zero attached hydrogens (tertiary/aromatic N) is 18. The zero-order valence-electron chi connectivity index (χ0n) is 32.8. The highest BCUT2D eigenvalue weighted by Crippen LogP contribution is 1.87. The van der Waals surface area contributed by atoms with Crippen molar-refractivity contribution in [3.05, 3.63) is 181 Å². The molecule has 0 saturated carbocycles. The minimum atomic E-state index is 0.822. The van der Waals surface area contributed by atoms with Crippen molar-refractivity contribution in [2.24, 2.45) is 0 Å². The van der Waals surface area contributed by atoms with E-state index in [4.69, 9.17) is 0 Å². The van der Waals surface area contributed by atoms with E-state index >= 15 is 0 Å². The van der Waals surface area contributed by atoms with Crippen LogP contribution in [0.5, 0.6) is 0 Å². The summed E-state index contributed by atoms with van der Waals surface area (Å²) in [5.74, 6) is 0.822. The molecular weight excluding hydrogens is 709 g/mol. The van der Waals surface area contributed by atoms with E-state index in [1.807, 2.05) is 91.8 Å². The summed E-state index contributed by atoms with van der Waals surface area (Å²) in [5, 5.41) is 32.1. The zero-order valence-corrected chi connectivity index (χ0v) is 32.8. The van der Waals surface area contributed by atoms with Crippen molar-refractivity contribution in [2.75, 3.05) is 0 Å². The predicted molar refractivity (Wildman–Crippen MR) is 210 cm³/mol. The van der Waals surface area contributed by atoms with Crippen molar-refractivity contribution in [2.45, 2.75) is 55.4 Å². The second-order valence-electron chi connectivity index (χ2n) is 10.6. The molecule has 18 heteroatoms. The van der Waals surface area contributed by atoms with Crippen LogP contribution < -0.4 is 0 Å². The van der Waals surface area contributed by atoms with E-state index < -0.39 is 0 Å². The molecule has 0 saturated heterocycles. The van der Waals surface area contributed by atoms with Crippen molar-refractivity contribution in [3.8, 4) is 0 Å². The molecule has 0 aromatic carbocycles. The van der Waals surface area contributed by atoms with Crippen molar-refractivity contribution < 1.29 is 0 Å². The van der Waals surface area contributed by atoms with Crippen LogP contribution >= 0.6 is 0 Å². The number of hydrogen-bond acceptors (Lipinski definition) is 18. The summed E-state index contributed by atoms with van der Waals surface area (Å²) >= 11 is 0. The number of aryl methyl sites for hydroxylation is 8. The molecule has 8 aromatic rings. The van der Waals surface area contributed by atoms with Crippen LogP contribution in [0.15, 0.2) is 136 Å². The molecule has 0 spiro atoms. The largest absolute Gasteiger partial charge is 0.262 e. The van der Waals surface area contributed by atoms with Gasteiger partial charge in [-0.25, -0.2) is 29.9 Å². The Balaban J connectivity index is 0.000000320. The fraction of sp³-hybridized carbons (Fsp3) is 0.211. The summed E-state index contributed by atoms with van der Waals surface area (Å²) < 4.78 is 0. The molecule has 0 aliphatic carbocycles. The number of pyridine rings is 1. The van der Waals surface area contributed by atoms with Crippen molar-refractivity contribution in [1.29, 1.82) is 0 Å². The summed E-state index contributed by atoms with van der Waals surface area (Å²) in [6.07, 6.45) is 22.9. The zero-order chi connectivity index (χ0) is 40.9. The van der Waals surface area contributed by atoms with Crippen LogP contribution in [0, 0.1) is 55.4 Å². The van der Waals surface area contributed by atoms with E-state index in [0.29, 0.717) is 0 Å². The highest BCUT2D eigenvalue weighted by Gasteiger charge is 1.79. The molecule has 0 bridgehead atoms. The Labute approximate surface area is 327 Å². The van der Waals surface area contributed by atoms with E-state index in [1.165, 1.54) is 19.0 Å². The SMILES string of the molecule is Cc1ccccn1.Cc1cccnn1.Cc1ccncn1.Cc1ccnnn1.Cc1cnccn1.Cc1cncnn1.Cc1cnncn1.Cc1ncccn1. The Kier molecular flexibility index (Phi) is 26.7. The summed E-state index contributed by atoms with van der Waals surface area (Å²) in [6.45, 7) is 15.2. The summed E-state index contributed by atoms with van der Waals surface area (Å²) in [5.41, 5.74) is 6.65. The smallest absolute Gasteiger partial charge is 0.138 e. The molecule has 8 aromatic heterocycles. The van der Waals surface area contributed by atoms with Crippen molar-refractivity contribution in [3.63, 3.8) is 0 Å². The first-order valence-corrected chi connectivity index (χ1v) is 16.8. The summed E-state index contributed by atoms with van der Waals surface area (Å²) in [4.78, 5) is 34.6. The lowest BCUT2D eigenvalue weighted by atomic mass is 10.4. The van der Waals surface area contributed by atoms with Gasteiger partial charge in [-0.3, -0.25) is 15.0 Å². The lowest BCUT2D eigenvalue weighted by Crippen LogP contribution is -1.85. The van der Waals surface area contributed by atoms with Gasteiger partial charge in [0.25, 0.3) is 0 Å². The lowest BCUT2D eigenvalue weighted by Gasteiger charge is -1.82. The maximum Gasteiger partial charge on any atom is 0.138 e. The molecule has 0 atom stereocenters. The average molecular weight is 755 g/mol. The fourth-order valence-electron chi connectivity index (χ4n) is 2.84. The monoisotopic (exact) mass is 754 g/mol. The first-order valence-electron chi connectivity index (χ1n) is 16.8. The molecular formula is C38H46N18. The van der Waals surface area contributed by atoms with E-state index in [0.717, 1.165) is 45.7 Å². The average Bonchev–Trinajstić information content (AvgIpc) is 3.22. The highest BCUT2D eigenvalue weighted by molar-refractivity contribution is 5.00. The van der Waals surface area contributed by atoms with Gasteiger partial charge in [-0.2, -0.15) is 20.4 Å². The normalized spacial score (nSPS) is 8.71. The third-order valence-electron chi connectivity index (χ3n) is 5.49. The van der Waals surface area contributed by atoms with Crippen LogP contribution in [0.3, 0.4) is 0 Å². The molecule has 18 nitrogen and oxygen atoms in total. The fourth-order valence-corrected chi connectivity index (χ4v) is 2.84. The molecule has 0 fully saturated rings. The minimum absolute atomic E-state index is 0.822. The first kappa shape index (κ1) is 46.5. The molecule has 56 heavy (non-hydrogen) atoms. The van der Waals surface area contributed by atoms with Crippen LogP contribution in [0.25, 0.3) is 0 Å². The van der Waals surface area contributed by atoms with Gasteiger partial charge in [0.2, 0.25) is 0 Å². The van der Waals surface area contributed by atoms with Gasteiger partial charge in [0, 0.05) is 61.0 Å². The van der Waals surface area contributed by atoms with E-state index in [1.54, 1.807) is 80.3 Å². The van der Waals surface area contributed by atoms with Gasteiger partial charge in [0.05, 0.1) is 47.1 Å². The highest BCUT2D eigenvalue weighted by atomic mass is 15.3. The second kappa shape index (κ2) is 32.2. The van der Waals surface area contributed by atoms with Gasteiger partial charge in [0.15, 0.2) is 0 Å². The van der Waals surface area contributed by atoms with Gasteiger partial charge in [-0.15, -0.1) is 20.4 Å². The molecule has 288 valence electrons. The van der Waals surface area contributed by atoms with Crippen LogP contribution in [-0.2, 0) is 0 Å². The van der Waals surface area contributed by atoms with Crippen molar-refractivity contribution in [1.82, 2.24) is 90.9 Å². The molecule has 0 radical (unpaired) electrons. The van der Waals surface area contributed by atoms with E-state index in [-0.39, 0.29) is 0 Å². The molecule has 0 unspecified atom stereocenters. The lowest BCUT2D eigenvalue weighted by molar-refractivity contribution is 0.839. The van der Waals surface area contributed by atoms with Crippen LogP contribution in [0.2, 0.25) is 0 Å². The molecule has 0 amide bonds. The first-order chi connectivity index (χ1) is 27.2. The Morgan fingerprint density at radius 3 is 1.23 bits per heavy atom. The summed E-state index contributed by atoms with van der Waals surface area (Å²) in [7, 11) is 0. The second-order valence-corrected chi connectivity index (χ2v) is 10.6. The van der Waals surface area contributed by atoms with Crippen LogP contribution in [0.1, 0.15) is 45.7 Å². The number of hydrogen-bond donors (Lipinski definition) is 0. The predicted octanol–water partition coefficient (Wildman–Crippen LogP) is 5.07. The Hall–Kier alpha value is -7.50. The van der Waals surface area contributed by atoms with Gasteiger partial charge in [0.1, 0.15) is 24.8 Å². The van der Waals surface area contributed by atoms with E-state index in [9.17, 15) is 0 Å². The van der Waals surface area contributed by atoms with Crippen molar-refractivity contribution >= 4 is 0 Å². The van der Waals surface area contributed by atoms with E-state index in [2.05, 4.69) is 90.9 Å². The Bertz CT molecular complexity index is 1540. The quantitative estimate of drug-likeness (QED) is 0.196. The van der Waals surface area contributed by atoms with Gasteiger partial charge in [-0.1, -0.05) is 6.07 Å².